The van der Waals surface area contributed by atoms with Crippen molar-refractivity contribution < 1.29 is 14.6 Å². The van der Waals surface area contributed by atoms with Gasteiger partial charge in [0.05, 0.1) is 20.8 Å². The summed E-state index contributed by atoms with van der Waals surface area (Å²) in [5.74, 6) is 1.44. The molecule has 0 amide bonds. The molecule has 2 rings (SSSR count). The molecular formula is C16H19NO3. The van der Waals surface area contributed by atoms with Gasteiger partial charge in [-0.15, -0.1) is 0 Å². The Balaban J connectivity index is 2.19. The number of hydrogen-bond donors (Lipinski definition) is 2. The molecule has 106 valence electrons. The zero-order valence-corrected chi connectivity index (χ0v) is 11.7. The molecule has 0 unspecified atom stereocenters. The average molecular weight is 273 g/mol. The van der Waals surface area contributed by atoms with Gasteiger partial charge in [-0.3, -0.25) is 0 Å². The van der Waals surface area contributed by atoms with Gasteiger partial charge in [0.2, 0.25) is 0 Å². The number of benzene rings is 2. The van der Waals surface area contributed by atoms with Gasteiger partial charge in [-0.25, -0.2) is 0 Å². The zero-order chi connectivity index (χ0) is 14.4. The van der Waals surface area contributed by atoms with Crippen molar-refractivity contribution in [3.05, 3.63) is 53.6 Å². The molecule has 0 aliphatic heterocycles. The quantitative estimate of drug-likeness (QED) is 0.849. The lowest BCUT2D eigenvalue weighted by Crippen LogP contribution is -2.04. The number of anilines is 1. The van der Waals surface area contributed by atoms with Crippen molar-refractivity contribution in [1.29, 1.82) is 0 Å². The van der Waals surface area contributed by atoms with Crippen LogP contribution in [0.4, 0.5) is 5.69 Å². The minimum Gasteiger partial charge on any atom is -0.493 e. The first-order chi connectivity index (χ1) is 9.80. The maximum atomic E-state index is 9.31. The van der Waals surface area contributed by atoms with Gasteiger partial charge >= 0.3 is 0 Å². The first-order valence-corrected chi connectivity index (χ1v) is 6.42. The SMILES string of the molecule is COc1cccc(CNc2ccccc2CO)c1OC. The molecule has 0 saturated carbocycles. The monoisotopic (exact) mass is 273 g/mol. The molecule has 2 aromatic rings. The molecule has 0 heterocycles. The van der Waals surface area contributed by atoms with Crippen LogP contribution in [-0.4, -0.2) is 19.3 Å². The molecule has 0 aromatic heterocycles. The Morgan fingerprint density at radius 3 is 2.40 bits per heavy atom. The zero-order valence-electron chi connectivity index (χ0n) is 11.7. The predicted octanol–water partition coefficient (Wildman–Crippen LogP) is 2.81. The average Bonchev–Trinajstić information content (AvgIpc) is 2.52. The van der Waals surface area contributed by atoms with Crippen molar-refractivity contribution in [2.24, 2.45) is 0 Å². The van der Waals surface area contributed by atoms with Gasteiger partial charge in [-0.1, -0.05) is 30.3 Å². The Hall–Kier alpha value is -2.20. The van der Waals surface area contributed by atoms with Gasteiger partial charge in [0.1, 0.15) is 0 Å². The van der Waals surface area contributed by atoms with Crippen molar-refractivity contribution in [3.63, 3.8) is 0 Å². The molecule has 20 heavy (non-hydrogen) atoms. The minimum absolute atomic E-state index is 0.0123. The molecule has 0 spiro atoms. The van der Waals surface area contributed by atoms with Crippen molar-refractivity contribution in [2.45, 2.75) is 13.2 Å². The van der Waals surface area contributed by atoms with Crippen LogP contribution in [-0.2, 0) is 13.2 Å². The van der Waals surface area contributed by atoms with Gasteiger partial charge in [0.25, 0.3) is 0 Å². The van der Waals surface area contributed by atoms with E-state index in [2.05, 4.69) is 5.32 Å². The summed E-state index contributed by atoms with van der Waals surface area (Å²) in [6, 6.07) is 13.5. The Kier molecular flexibility index (Phi) is 4.85. The number of aliphatic hydroxyl groups excluding tert-OH is 1. The smallest absolute Gasteiger partial charge is 0.165 e. The van der Waals surface area contributed by atoms with Crippen molar-refractivity contribution in [1.82, 2.24) is 0 Å². The maximum absolute atomic E-state index is 9.31. The van der Waals surface area contributed by atoms with E-state index in [4.69, 9.17) is 9.47 Å². The van der Waals surface area contributed by atoms with Crippen LogP contribution in [0.25, 0.3) is 0 Å². The van der Waals surface area contributed by atoms with Gasteiger partial charge in [0.15, 0.2) is 11.5 Å². The number of para-hydroxylation sites is 2. The summed E-state index contributed by atoms with van der Waals surface area (Å²) in [7, 11) is 3.25. The third-order valence-electron chi connectivity index (χ3n) is 3.14. The lowest BCUT2D eigenvalue weighted by molar-refractivity contribution is 0.282. The van der Waals surface area contributed by atoms with E-state index in [-0.39, 0.29) is 6.61 Å². The predicted molar refractivity (Wildman–Crippen MR) is 79.2 cm³/mol. The summed E-state index contributed by atoms with van der Waals surface area (Å²) in [4.78, 5) is 0. The second-order valence-electron chi connectivity index (χ2n) is 4.32. The number of nitrogens with one attached hydrogen (secondary N) is 1. The third kappa shape index (κ3) is 3.03. The Morgan fingerprint density at radius 2 is 1.70 bits per heavy atom. The van der Waals surface area contributed by atoms with Gasteiger partial charge in [0, 0.05) is 23.4 Å². The van der Waals surface area contributed by atoms with E-state index < -0.39 is 0 Å². The first-order valence-electron chi connectivity index (χ1n) is 6.42. The molecule has 0 atom stereocenters. The van der Waals surface area contributed by atoms with E-state index in [1.54, 1.807) is 14.2 Å². The van der Waals surface area contributed by atoms with Crippen LogP contribution in [0.2, 0.25) is 0 Å². The summed E-state index contributed by atoms with van der Waals surface area (Å²) in [5.41, 5.74) is 2.79. The second kappa shape index (κ2) is 6.82. The summed E-state index contributed by atoms with van der Waals surface area (Å²) in [6.45, 7) is 0.607. The first kappa shape index (κ1) is 14.2. The highest BCUT2D eigenvalue weighted by Gasteiger charge is 2.09. The van der Waals surface area contributed by atoms with Gasteiger partial charge < -0.3 is 19.9 Å². The summed E-state index contributed by atoms with van der Waals surface area (Å²) in [5, 5.41) is 12.6. The van der Waals surface area contributed by atoms with E-state index in [1.807, 2.05) is 42.5 Å². The summed E-state index contributed by atoms with van der Waals surface area (Å²) >= 11 is 0. The molecule has 0 saturated heterocycles. The lowest BCUT2D eigenvalue weighted by atomic mass is 10.1. The van der Waals surface area contributed by atoms with Crippen LogP contribution >= 0.6 is 0 Å². The van der Waals surface area contributed by atoms with Crippen LogP contribution in [0.15, 0.2) is 42.5 Å². The fourth-order valence-corrected chi connectivity index (χ4v) is 2.11. The normalized spacial score (nSPS) is 10.2. The largest absolute Gasteiger partial charge is 0.493 e. The Labute approximate surface area is 119 Å². The molecule has 0 aliphatic carbocycles. The number of aliphatic hydroxyl groups is 1. The Morgan fingerprint density at radius 1 is 0.950 bits per heavy atom. The van der Waals surface area contributed by atoms with E-state index in [9.17, 15) is 5.11 Å². The van der Waals surface area contributed by atoms with Gasteiger partial charge in [-0.05, 0) is 12.1 Å². The Bertz CT molecular complexity index is 569. The summed E-state index contributed by atoms with van der Waals surface area (Å²) < 4.78 is 10.7. The third-order valence-corrected chi connectivity index (χ3v) is 3.14. The number of ether oxygens (including phenoxy) is 2. The molecule has 0 fully saturated rings. The molecule has 0 bridgehead atoms. The molecule has 2 N–H and O–H groups in total. The van der Waals surface area contributed by atoms with Crippen LogP contribution in [0.5, 0.6) is 11.5 Å². The fraction of sp³-hybridized carbons (Fsp3) is 0.250. The van der Waals surface area contributed by atoms with E-state index in [0.29, 0.717) is 12.3 Å². The lowest BCUT2D eigenvalue weighted by Gasteiger charge is -2.15. The second-order valence-corrected chi connectivity index (χ2v) is 4.32. The van der Waals surface area contributed by atoms with Crippen molar-refractivity contribution >= 4 is 5.69 Å². The highest BCUT2D eigenvalue weighted by Crippen LogP contribution is 2.31. The van der Waals surface area contributed by atoms with Crippen molar-refractivity contribution in [3.8, 4) is 11.5 Å². The van der Waals surface area contributed by atoms with Crippen LogP contribution in [0, 0.1) is 0 Å². The van der Waals surface area contributed by atoms with E-state index in [1.165, 1.54) is 0 Å². The van der Waals surface area contributed by atoms with E-state index >= 15 is 0 Å². The van der Waals surface area contributed by atoms with E-state index in [0.717, 1.165) is 22.6 Å². The maximum Gasteiger partial charge on any atom is 0.165 e. The van der Waals surface area contributed by atoms with Crippen LogP contribution in [0.1, 0.15) is 11.1 Å². The van der Waals surface area contributed by atoms with Crippen LogP contribution in [0.3, 0.4) is 0 Å². The molecule has 0 radical (unpaired) electrons. The number of hydrogen-bond acceptors (Lipinski definition) is 4. The van der Waals surface area contributed by atoms with Crippen molar-refractivity contribution in [2.75, 3.05) is 19.5 Å². The topological polar surface area (TPSA) is 50.7 Å². The molecule has 4 nitrogen and oxygen atoms in total. The molecule has 2 aromatic carbocycles. The minimum atomic E-state index is 0.0123. The highest BCUT2D eigenvalue weighted by molar-refractivity contribution is 5.53. The molecule has 0 aliphatic rings. The van der Waals surface area contributed by atoms with Gasteiger partial charge in [-0.2, -0.15) is 0 Å². The number of rotatable bonds is 6. The number of methoxy groups -OCH3 is 2. The molecular weight excluding hydrogens is 254 g/mol. The highest BCUT2D eigenvalue weighted by atomic mass is 16.5. The molecule has 4 heteroatoms. The fourth-order valence-electron chi connectivity index (χ4n) is 2.11. The summed E-state index contributed by atoms with van der Waals surface area (Å²) in [6.07, 6.45) is 0. The standard InChI is InChI=1S/C16H19NO3/c1-19-15-9-5-7-12(16(15)20-2)10-17-14-8-4-3-6-13(14)11-18/h3-9,17-18H,10-11H2,1-2H3. The van der Waals surface area contributed by atoms with Crippen LogP contribution < -0.4 is 14.8 Å².